The van der Waals surface area contributed by atoms with E-state index in [4.69, 9.17) is 5.10 Å². The Hall–Kier alpha value is -3.67. The number of nitrogens with one attached hydrogen (secondary N) is 2. The fourth-order valence-corrected chi connectivity index (χ4v) is 3.49. The molecule has 0 atom stereocenters. The van der Waals surface area contributed by atoms with E-state index in [9.17, 15) is 4.79 Å². The van der Waals surface area contributed by atoms with Crippen molar-refractivity contribution < 1.29 is 4.79 Å². The van der Waals surface area contributed by atoms with Crippen LogP contribution in [0.25, 0.3) is 10.9 Å². The summed E-state index contributed by atoms with van der Waals surface area (Å²) in [6.07, 6.45) is 3.53. The summed E-state index contributed by atoms with van der Waals surface area (Å²) in [4.78, 5) is 16.2. The van der Waals surface area contributed by atoms with Gasteiger partial charge in [-0.15, -0.1) is 0 Å². The number of carbonyl (C=O) groups is 1. The molecule has 158 valence electrons. The topological polar surface area (TPSA) is 75.1 Å². The molecule has 0 aliphatic rings. The third-order valence-corrected chi connectivity index (χ3v) is 5.19. The van der Waals surface area contributed by atoms with E-state index in [1.807, 2.05) is 48.7 Å². The Morgan fingerprint density at radius 1 is 1.16 bits per heavy atom. The van der Waals surface area contributed by atoms with E-state index >= 15 is 0 Å². The van der Waals surface area contributed by atoms with Gasteiger partial charge in [-0.2, -0.15) is 10.2 Å². The largest absolute Gasteiger partial charge is 0.361 e. The van der Waals surface area contributed by atoms with Crippen molar-refractivity contribution in [2.45, 2.75) is 39.7 Å². The second-order valence-electron chi connectivity index (χ2n) is 8.80. The number of aromatic nitrogens is 3. The Morgan fingerprint density at radius 3 is 2.74 bits per heavy atom. The number of aromatic amines is 1. The minimum Gasteiger partial charge on any atom is -0.361 e. The van der Waals surface area contributed by atoms with Crippen molar-refractivity contribution in [2.75, 3.05) is 0 Å². The molecule has 0 saturated heterocycles. The first kappa shape index (κ1) is 20.6. The van der Waals surface area contributed by atoms with E-state index < -0.39 is 0 Å². The number of fused-ring (bicyclic) bond motifs is 1. The lowest BCUT2D eigenvalue weighted by atomic mass is 9.92. The first-order valence-electron chi connectivity index (χ1n) is 10.3. The summed E-state index contributed by atoms with van der Waals surface area (Å²) in [6, 6.07) is 18.0. The first-order chi connectivity index (χ1) is 14.8. The number of carbonyl (C=O) groups excluding carboxylic acids is 1. The molecular weight excluding hydrogens is 386 g/mol. The molecule has 4 rings (SSSR count). The van der Waals surface area contributed by atoms with Crippen LogP contribution in [0.3, 0.4) is 0 Å². The van der Waals surface area contributed by atoms with Crippen LogP contribution in [0.4, 0.5) is 0 Å². The van der Waals surface area contributed by atoms with Crippen LogP contribution in [0.5, 0.6) is 0 Å². The average Bonchev–Trinajstić information content (AvgIpc) is 3.33. The van der Waals surface area contributed by atoms with Gasteiger partial charge in [-0.3, -0.25) is 9.48 Å². The molecule has 4 aromatic rings. The van der Waals surface area contributed by atoms with Crippen LogP contribution in [0, 0.1) is 6.92 Å². The summed E-state index contributed by atoms with van der Waals surface area (Å²) in [7, 11) is 0. The lowest BCUT2D eigenvalue weighted by Gasteiger charge is -2.14. The van der Waals surface area contributed by atoms with Gasteiger partial charge in [0.15, 0.2) is 0 Å². The van der Waals surface area contributed by atoms with E-state index in [-0.39, 0.29) is 11.3 Å². The lowest BCUT2D eigenvalue weighted by molar-refractivity contribution is 0.0945. The highest BCUT2D eigenvalue weighted by atomic mass is 16.2. The second kappa shape index (κ2) is 8.22. The molecule has 31 heavy (non-hydrogen) atoms. The van der Waals surface area contributed by atoms with Gasteiger partial charge in [0.05, 0.1) is 18.5 Å². The van der Waals surface area contributed by atoms with Gasteiger partial charge in [0.2, 0.25) is 0 Å². The van der Waals surface area contributed by atoms with E-state index in [0.29, 0.717) is 12.2 Å². The molecule has 6 nitrogen and oxygen atoms in total. The molecule has 0 spiro atoms. The molecule has 0 fully saturated rings. The Labute approximate surface area is 182 Å². The molecule has 2 aromatic heterocycles. The molecule has 6 heteroatoms. The van der Waals surface area contributed by atoms with E-state index in [1.165, 1.54) is 5.56 Å². The SMILES string of the molecule is Cc1cccc(Cn2nc(C(C)(C)C)cc2C(=O)N/N=C/c2c[nH]c3ccccc23)c1. The molecule has 0 unspecified atom stereocenters. The molecule has 0 aliphatic heterocycles. The minimum atomic E-state index is -0.285. The lowest BCUT2D eigenvalue weighted by Crippen LogP contribution is -2.22. The van der Waals surface area contributed by atoms with Gasteiger partial charge in [-0.1, -0.05) is 68.8 Å². The second-order valence-corrected chi connectivity index (χ2v) is 8.80. The van der Waals surface area contributed by atoms with Crippen molar-refractivity contribution in [1.29, 1.82) is 0 Å². The fourth-order valence-electron chi connectivity index (χ4n) is 3.49. The van der Waals surface area contributed by atoms with Gasteiger partial charge in [0, 0.05) is 28.1 Å². The smallest absolute Gasteiger partial charge is 0.289 e. The number of benzene rings is 2. The summed E-state index contributed by atoms with van der Waals surface area (Å²) in [5.74, 6) is -0.285. The number of H-pyrrole nitrogens is 1. The quantitative estimate of drug-likeness (QED) is 0.365. The zero-order valence-corrected chi connectivity index (χ0v) is 18.3. The van der Waals surface area contributed by atoms with Crippen LogP contribution >= 0.6 is 0 Å². The zero-order chi connectivity index (χ0) is 22.0. The van der Waals surface area contributed by atoms with Crippen LogP contribution in [-0.4, -0.2) is 26.9 Å². The average molecular weight is 414 g/mol. The van der Waals surface area contributed by atoms with Crippen LogP contribution in [0.15, 0.2) is 65.9 Å². The van der Waals surface area contributed by atoms with Gasteiger partial charge >= 0.3 is 0 Å². The Bertz CT molecular complexity index is 1260. The number of hydrogen-bond donors (Lipinski definition) is 2. The highest BCUT2D eigenvalue weighted by Crippen LogP contribution is 2.22. The highest BCUT2D eigenvalue weighted by molar-refractivity contribution is 6.00. The van der Waals surface area contributed by atoms with Crippen LogP contribution < -0.4 is 5.43 Å². The number of aryl methyl sites for hydroxylation is 1. The maximum atomic E-state index is 13.0. The first-order valence-corrected chi connectivity index (χ1v) is 10.3. The molecule has 2 heterocycles. The Balaban J connectivity index is 1.58. The van der Waals surface area contributed by atoms with Crippen LogP contribution in [0.2, 0.25) is 0 Å². The molecule has 0 bridgehead atoms. The summed E-state index contributed by atoms with van der Waals surface area (Å²) < 4.78 is 1.76. The predicted octanol–water partition coefficient (Wildman–Crippen LogP) is 4.78. The van der Waals surface area contributed by atoms with Gasteiger partial charge in [-0.05, 0) is 24.6 Å². The van der Waals surface area contributed by atoms with Crippen LogP contribution in [0.1, 0.15) is 53.6 Å². The number of para-hydroxylation sites is 1. The minimum absolute atomic E-state index is 0.166. The van der Waals surface area contributed by atoms with Crippen LogP contribution in [-0.2, 0) is 12.0 Å². The van der Waals surface area contributed by atoms with Gasteiger partial charge < -0.3 is 4.98 Å². The van der Waals surface area contributed by atoms with Gasteiger partial charge in [0.25, 0.3) is 5.91 Å². The maximum Gasteiger partial charge on any atom is 0.289 e. The van der Waals surface area contributed by atoms with Gasteiger partial charge in [0.1, 0.15) is 5.69 Å². The molecule has 2 N–H and O–H groups in total. The number of nitrogens with zero attached hydrogens (tertiary/aromatic N) is 3. The van der Waals surface area contributed by atoms with E-state index in [0.717, 1.165) is 27.7 Å². The number of hydrazone groups is 1. The molecule has 2 aromatic carbocycles. The van der Waals surface area contributed by atoms with Crippen molar-refractivity contribution >= 4 is 23.0 Å². The van der Waals surface area contributed by atoms with Crippen molar-refractivity contribution in [3.8, 4) is 0 Å². The summed E-state index contributed by atoms with van der Waals surface area (Å²) in [5, 5.41) is 9.97. The van der Waals surface area contributed by atoms with Crippen molar-refractivity contribution in [1.82, 2.24) is 20.2 Å². The normalized spacial score (nSPS) is 12.0. The third kappa shape index (κ3) is 4.58. The van der Waals surface area contributed by atoms with E-state index in [1.54, 1.807) is 10.9 Å². The molecule has 0 saturated carbocycles. The van der Waals surface area contributed by atoms with Gasteiger partial charge in [-0.25, -0.2) is 5.43 Å². The number of amides is 1. The van der Waals surface area contributed by atoms with Crippen molar-refractivity contribution in [3.05, 3.63) is 88.9 Å². The van der Waals surface area contributed by atoms with Crippen molar-refractivity contribution in [3.63, 3.8) is 0 Å². The number of rotatable bonds is 5. The number of hydrogen-bond acceptors (Lipinski definition) is 3. The summed E-state index contributed by atoms with van der Waals surface area (Å²) >= 11 is 0. The molecular formula is C25H27N5O. The summed E-state index contributed by atoms with van der Waals surface area (Å²) in [6.45, 7) is 8.84. The standard InChI is InChI=1S/C25H27N5O/c1-17-8-7-9-18(12-17)16-30-22(13-23(29-30)25(2,3)4)24(31)28-27-15-19-14-26-21-11-6-5-10-20(19)21/h5-15,26H,16H2,1-4H3,(H,28,31)/b27-15+. The fraction of sp³-hybridized carbons (Fsp3) is 0.240. The predicted molar refractivity (Wildman–Crippen MR) is 125 cm³/mol. The van der Waals surface area contributed by atoms with E-state index in [2.05, 4.69) is 55.3 Å². The molecule has 0 radical (unpaired) electrons. The molecule has 1 amide bonds. The summed E-state index contributed by atoms with van der Waals surface area (Å²) in [5.41, 5.74) is 8.07. The monoisotopic (exact) mass is 413 g/mol. The highest BCUT2D eigenvalue weighted by Gasteiger charge is 2.23. The zero-order valence-electron chi connectivity index (χ0n) is 18.3. The maximum absolute atomic E-state index is 13.0. The third-order valence-electron chi connectivity index (χ3n) is 5.19. The Kier molecular flexibility index (Phi) is 5.46. The van der Waals surface area contributed by atoms with Crippen molar-refractivity contribution in [2.24, 2.45) is 5.10 Å². The molecule has 0 aliphatic carbocycles. The Morgan fingerprint density at radius 2 is 1.97 bits per heavy atom.